The number of hydrogen-bond donors (Lipinski definition) is 2. The average molecular weight is 274 g/mol. The monoisotopic (exact) mass is 274 g/mol. The predicted molar refractivity (Wildman–Crippen MR) is 72.4 cm³/mol. The summed E-state index contributed by atoms with van der Waals surface area (Å²) in [6.45, 7) is 2.42. The number of nitrogens with one attached hydrogen (secondary N) is 1. The first-order valence-corrected chi connectivity index (χ1v) is 7.91. The van der Waals surface area contributed by atoms with Gasteiger partial charge in [-0.05, 0) is 17.9 Å². The smallest absolute Gasteiger partial charge is 0.242 e. The maximum absolute atomic E-state index is 11.7. The molecule has 1 aromatic heterocycles. The van der Waals surface area contributed by atoms with Crippen molar-refractivity contribution in [3.63, 3.8) is 0 Å². The molecule has 96 valence electrons. The lowest BCUT2D eigenvalue weighted by molar-refractivity contribution is -0.122. The Morgan fingerprint density at radius 1 is 1.65 bits per heavy atom. The van der Waals surface area contributed by atoms with Crippen molar-refractivity contribution < 1.29 is 9.00 Å². The van der Waals surface area contributed by atoms with Gasteiger partial charge in [0.15, 0.2) is 0 Å². The number of nitrogens with two attached hydrogens (primary N) is 1. The molecule has 3 atom stereocenters. The van der Waals surface area contributed by atoms with E-state index < -0.39 is 16.8 Å². The van der Waals surface area contributed by atoms with E-state index in [1.807, 2.05) is 24.4 Å². The van der Waals surface area contributed by atoms with Crippen molar-refractivity contribution in [2.75, 3.05) is 12.8 Å². The van der Waals surface area contributed by atoms with E-state index in [0.29, 0.717) is 13.0 Å². The van der Waals surface area contributed by atoms with E-state index in [1.54, 1.807) is 6.26 Å². The van der Waals surface area contributed by atoms with Crippen LogP contribution in [0.15, 0.2) is 17.5 Å². The van der Waals surface area contributed by atoms with Crippen LogP contribution in [0.2, 0.25) is 0 Å². The second kappa shape index (κ2) is 6.88. The van der Waals surface area contributed by atoms with Crippen LogP contribution in [-0.4, -0.2) is 28.2 Å². The highest BCUT2D eigenvalue weighted by Gasteiger charge is 2.16. The molecule has 0 fully saturated rings. The minimum absolute atomic E-state index is 0.0910. The molecule has 1 heterocycles. The molecule has 0 spiro atoms. The topological polar surface area (TPSA) is 72.2 Å². The molecule has 17 heavy (non-hydrogen) atoms. The van der Waals surface area contributed by atoms with E-state index in [1.165, 1.54) is 11.3 Å². The summed E-state index contributed by atoms with van der Waals surface area (Å²) < 4.78 is 11.1. The third-order valence-electron chi connectivity index (χ3n) is 2.55. The van der Waals surface area contributed by atoms with Crippen molar-refractivity contribution in [3.8, 4) is 0 Å². The second-order valence-corrected chi connectivity index (χ2v) is 6.66. The molecule has 0 bridgehead atoms. The van der Waals surface area contributed by atoms with Gasteiger partial charge in [-0.2, -0.15) is 0 Å². The van der Waals surface area contributed by atoms with Crippen LogP contribution in [0.25, 0.3) is 0 Å². The van der Waals surface area contributed by atoms with E-state index in [9.17, 15) is 9.00 Å². The van der Waals surface area contributed by atoms with E-state index in [0.717, 1.165) is 4.88 Å². The number of hydrogen-bond acceptors (Lipinski definition) is 4. The Bertz CT molecular complexity index is 379. The van der Waals surface area contributed by atoms with E-state index in [2.05, 4.69) is 5.32 Å². The van der Waals surface area contributed by atoms with Crippen molar-refractivity contribution >= 4 is 28.0 Å². The van der Waals surface area contributed by atoms with Gasteiger partial charge in [-0.15, -0.1) is 11.3 Å². The molecule has 0 aromatic carbocycles. The predicted octanol–water partition coefficient (Wildman–Crippen LogP) is 1.02. The molecule has 0 aliphatic rings. The van der Waals surface area contributed by atoms with Crippen LogP contribution in [0.5, 0.6) is 0 Å². The highest BCUT2D eigenvalue weighted by Crippen LogP contribution is 2.16. The number of carbonyl (C=O) groups excluding carboxylic acids is 1. The van der Waals surface area contributed by atoms with Gasteiger partial charge in [0.2, 0.25) is 5.91 Å². The number of amides is 1. The first kappa shape index (κ1) is 14.3. The van der Waals surface area contributed by atoms with Gasteiger partial charge in [-0.1, -0.05) is 13.0 Å². The molecule has 0 aliphatic carbocycles. The number of rotatable bonds is 6. The van der Waals surface area contributed by atoms with Crippen LogP contribution in [0.1, 0.15) is 24.3 Å². The van der Waals surface area contributed by atoms with Gasteiger partial charge in [-0.3, -0.25) is 9.00 Å². The quantitative estimate of drug-likeness (QED) is 0.813. The summed E-state index contributed by atoms with van der Waals surface area (Å²) in [4.78, 5) is 12.5. The Kier molecular flexibility index (Phi) is 5.80. The second-order valence-electron chi connectivity index (χ2n) is 3.88. The summed E-state index contributed by atoms with van der Waals surface area (Å²) >= 11 is 1.47. The third-order valence-corrected chi connectivity index (χ3v) is 4.87. The zero-order valence-electron chi connectivity index (χ0n) is 10.0. The molecule has 3 unspecified atom stereocenters. The SMILES string of the molecule is CC(CCNC(=O)C(N)c1cccs1)S(C)=O. The molecule has 0 saturated carbocycles. The van der Waals surface area contributed by atoms with Gasteiger partial charge in [0.1, 0.15) is 6.04 Å². The molecular weight excluding hydrogens is 256 g/mol. The summed E-state index contributed by atoms with van der Waals surface area (Å²) in [6, 6.07) is 3.12. The third kappa shape index (κ3) is 4.57. The van der Waals surface area contributed by atoms with Gasteiger partial charge in [0.05, 0.1) is 0 Å². The normalized spacial score (nSPS) is 16.2. The Morgan fingerprint density at radius 2 is 2.35 bits per heavy atom. The summed E-state index contributed by atoms with van der Waals surface area (Å²) in [7, 11) is -0.846. The van der Waals surface area contributed by atoms with E-state index >= 15 is 0 Å². The van der Waals surface area contributed by atoms with Gasteiger partial charge in [0, 0.05) is 33.7 Å². The first-order chi connectivity index (χ1) is 8.02. The molecule has 3 N–H and O–H groups in total. The largest absolute Gasteiger partial charge is 0.354 e. The minimum Gasteiger partial charge on any atom is -0.354 e. The Hall–Kier alpha value is -0.720. The standard InChI is InChI=1S/C11H18N2O2S2/c1-8(17(2)15)5-6-13-11(14)10(12)9-4-3-7-16-9/h3-4,7-8,10H,5-6,12H2,1-2H3,(H,13,14). The Labute approximate surface area is 108 Å². The molecule has 6 heteroatoms. The lowest BCUT2D eigenvalue weighted by Gasteiger charge is -2.12. The van der Waals surface area contributed by atoms with Crippen molar-refractivity contribution in [1.82, 2.24) is 5.32 Å². The molecule has 0 saturated heterocycles. The van der Waals surface area contributed by atoms with Crippen LogP contribution in [0.3, 0.4) is 0 Å². The molecule has 0 aliphatic heterocycles. The van der Waals surface area contributed by atoms with Crippen molar-refractivity contribution in [2.24, 2.45) is 5.73 Å². The summed E-state index contributed by atoms with van der Waals surface area (Å²) in [5, 5.41) is 4.75. The molecular formula is C11H18N2O2S2. The van der Waals surface area contributed by atoms with Crippen molar-refractivity contribution in [2.45, 2.75) is 24.6 Å². The fourth-order valence-corrected chi connectivity index (χ4v) is 2.45. The maximum atomic E-state index is 11.7. The van der Waals surface area contributed by atoms with Crippen LogP contribution in [0.4, 0.5) is 0 Å². The van der Waals surface area contributed by atoms with Gasteiger partial charge < -0.3 is 11.1 Å². The summed E-state index contributed by atoms with van der Waals surface area (Å²) in [5.41, 5.74) is 5.80. The molecule has 1 rings (SSSR count). The van der Waals surface area contributed by atoms with Crippen LogP contribution >= 0.6 is 11.3 Å². The molecule has 0 radical (unpaired) electrons. The van der Waals surface area contributed by atoms with Gasteiger partial charge >= 0.3 is 0 Å². The average Bonchev–Trinajstić information content (AvgIpc) is 2.80. The Balaban J connectivity index is 2.33. The van der Waals surface area contributed by atoms with Gasteiger partial charge in [-0.25, -0.2) is 0 Å². The molecule has 1 amide bonds. The molecule has 4 nitrogen and oxygen atoms in total. The highest BCUT2D eigenvalue weighted by molar-refractivity contribution is 7.84. The van der Waals surface area contributed by atoms with Crippen LogP contribution in [0, 0.1) is 0 Å². The zero-order valence-corrected chi connectivity index (χ0v) is 11.6. The van der Waals surface area contributed by atoms with Crippen molar-refractivity contribution in [3.05, 3.63) is 22.4 Å². The fourth-order valence-electron chi connectivity index (χ4n) is 1.27. The summed E-state index contributed by atoms with van der Waals surface area (Å²) in [6.07, 6.45) is 2.37. The maximum Gasteiger partial charge on any atom is 0.242 e. The van der Waals surface area contributed by atoms with Crippen molar-refractivity contribution in [1.29, 1.82) is 0 Å². The zero-order chi connectivity index (χ0) is 12.8. The number of carbonyl (C=O) groups is 1. The molecule has 1 aromatic rings. The van der Waals surface area contributed by atoms with E-state index in [4.69, 9.17) is 5.73 Å². The Morgan fingerprint density at radius 3 is 2.88 bits per heavy atom. The first-order valence-electron chi connectivity index (χ1n) is 5.41. The van der Waals surface area contributed by atoms with E-state index in [-0.39, 0.29) is 11.2 Å². The fraction of sp³-hybridized carbons (Fsp3) is 0.545. The lowest BCUT2D eigenvalue weighted by atomic mass is 10.2. The van der Waals surface area contributed by atoms with Gasteiger partial charge in [0.25, 0.3) is 0 Å². The lowest BCUT2D eigenvalue weighted by Crippen LogP contribution is -2.35. The van der Waals surface area contributed by atoms with Crippen LogP contribution < -0.4 is 11.1 Å². The highest BCUT2D eigenvalue weighted by atomic mass is 32.2. The number of thiophene rings is 1. The summed E-state index contributed by atoms with van der Waals surface area (Å²) in [5.74, 6) is -0.179. The minimum atomic E-state index is -0.846. The van der Waals surface area contributed by atoms with Crippen LogP contribution in [-0.2, 0) is 15.6 Å².